The Kier molecular flexibility index (Phi) is 6.47. The zero-order chi connectivity index (χ0) is 34.9. The first-order valence-electron chi connectivity index (χ1n) is 18.1. The van der Waals surface area contributed by atoms with Crippen LogP contribution in [0.2, 0.25) is 0 Å². The summed E-state index contributed by atoms with van der Waals surface area (Å²) in [7, 11) is 0. The summed E-state index contributed by atoms with van der Waals surface area (Å²) >= 11 is 0. The number of aromatic nitrogens is 3. The van der Waals surface area contributed by atoms with E-state index in [2.05, 4.69) is 157 Å². The van der Waals surface area contributed by atoms with Crippen molar-refractivity contribution in [3.8, 4) is 67.3 Å². The molecule has 11 rings (SSSR count). The number of rotatable bonds is 3. The number of nitrogens with zero attached hydrogens (tertiary/aromatic N) is 3. The van der Waals surface area contributed by atoms with E-state index in [1.165, 1.54) is 66.4 Å². The lowest BCUT2D eigenvalue weighted by molar-refractivity contribution is 0.777. The molecular weight excluding hydrogens is 643 g/mol. The second-order valence-electron chi connectivity index (χ2n) is 14.0. The summed E-state index contributed by atoms with van der Waals surface area (Å²) in [6.07, 6.45) is 3.67. The third kappa shape index (κ3) is 4.38. The smallest absolute Gasteiger partial charge is 0.160 e. The Labute approximate surface area is 308 Å². The molecule has 0 aliphatic heterocycles. The first kappa shape index (κ1) is 29.7. The van der Waals surface area contributed by atoms with Crippen LogP contribution in [0.4, 0.5) is 0 Å². The average Bonchev–Trinajstić information content (AvgIpc) is 3.46. The van der Waals surface area contributed by atoms with Crippen LogP contribution in [0.15, 0.2) is 188 Å². The third-order valence-corrected chi connectivity index (χ3v) is 11.2. The van der Waals surface area contributed by atoms with E-state index in [0.29, 0.717) is 5.82 Å². The number of hydrogen-bond acceptors (Lipinski definition) is 3. The molecule has 1 atom stereocenters. The summed E-state index contributed by atoms with van der Waals surface area (Å²) in [6, 6.07) is 63.9. The topological polar surface area (TPSA) is 38.7 Å². The van der Waals surface area contributed by atoms with Gasteiger partial charge in [-0.3, -0.25) is 4.98 Å². The van der Waals surface area contributed by atoms with E-state index in [1.807, 2.05) is 30.5 Å². The minimum absolute atomic E-state index is 0.599. The molecule has 53 heavy (non-hydrogen) atoms. The van der Waals surface area contributed by atoms with Gasteiger partial charge in [-0.2, -0.15) is 0 Å². The van der Waals surface area contributed by atoms with E-state index >= 15 is 0 Å². The van der Waals surface area contributed by atoms with Gasteiger partial charge in [-0.05, 0) is 103 Å². The van der Waals surface area contributed by atoms with E-state index in [9.17, 15) is 0 Å². The molecule has 2 aliphatic carbocycles. The lowest BCUT2D eigenvalue weighted by Gasteiger charge is -2.35. The highest BCUT2D eigenvalue weighted by molar-refractivity contribution is 6.01. The Hall–Kier alpha value is -6.97. The quantitative estimate of drug-likeness (QED) is 0.187. The van der Waals surface area contributed by atoms with Crippen LogP contribution in [0.5, 0.6) is 0 Å². The normalized spacial score (nSPS) is 14.9. The molecule has 3 heteroatoms. The first-order valence-corrected chi connectivity index (χ1v) is 18.1. The fourth-order valence-corrected chi connectivity index (χ4v) is 8.91. The standard InChI is InChI=1S/C50H31N3/c1-2-13-32(14-3-1)49-52-47(30-48(53-49)36-17-12-26-51-31-36)35-24-25-41-38-19-7-6-18-37(38)39-20-8-10-22-43(39)50(45(41)29-35)44-23-11-9-21-40(44)42-27-33-15-4-5-16-34(33)28-46(42)50/h1-31H. The molecule has 0 bridgehead atoms. The molecule has 2 aromatic heterocycles. The molecule has 1 unspecified atom stereocenters. The highest BCUT2D eigenvalue weighted by Crippen LogP contribution is 2.62. The van der Waals surface area contributed by atoms with Crippen LogP contribution in [0, 0.1) is 0 Å². The van der Waals surface area contributed by atoms with Crippen LogP contribution in [-0.2, 0) is 5.41 Å². The van der Waals surface area contributed by atoms with E-state index in [0.717, 1.165) is 28.1 Å². The van der Waals surface area contributed by atoms with Crippen molar-refractivity contribution in [2.24, 2.45) is 0 Å². The molecule has 0 amide bonds. The zero-order valence-corrected chi connectivity index (χ0v) is 28.7. The zero-order valence-electron chi connectivity index (χ0n) is 28.7. The van der Waals surface area contributed by atoms with E-state index in [1.54, 1.807) is 6.20 Å². The van der Waals surface area contributed by atoms with Gasteiger partial charge in [-0.25, -0.2) is 9.97 Å². The Bertz CT molecular complexity index is 2840. The van der Waals surface area contributed by atoms with Gasteiger partial charge in [-0.15, -0.1) is 0 Å². The van der Waals surface area contributed by atoms with Crippen LogP contribution in [0.3, 0.4) is 0 Å². The van der Waals surface area contributed by atoms with Crippen LogP contribution >= 0.6 is 0 Å². The maximum atomic E-state index is 5.27. The maximum absolute atomic E-state index is 5.27. The molecule has 0 N–H and O–H groups in total. The lowest BCUT2D eigenvalue weighted by Crippen LogP contribution is -2.29. The molecule has 2 aliphatic rings. The molecule has 0 fully saturated rings. The Morgan fingerprint density at radius 3 is 1.58 bits per heavy atom. The molecule has 7 aromatic carbocycles. The number of benzene rings is 7. The van der Waals surface area contributed by atoms with Crippen LogP contribution in [-0.4, -0.2) is 15.0 Å². The summed E-state index contributed by atoms with van der Waals surface area (Å²) < 4.78 is 0. The average molecular weight is 674 g/mol. The van der Waals surface area contributed by atoms with Gasteiger partial charge >= 0.3 is 0 Å². The summed E-state index contributed by atoms with van der Waals surface area (Å²) in [5, 5.41) is 2.48. The molecule has 1 spiro atoms. The predicted octanol–water partition coefficient (Wildman–Crippen LogP) is 12.0. The second-order valence-corrected chi connectivity index (χ2v) is 14.0. The third-order valence-electron chi connectivity index (χ3n) is 11.2. The largest absolute Gasteiger partial charge is 0.264 e. The number of pyridine rings is 1. The van der Waals surface area contributed by atoms with Crippen molar-refractivity contribution in [1.82, 2.24) is 15.0 Å². The highest BCUT2D eigenvalue weighted by atomic mass is 14.9. The molecule has 0 saturated heterocycles. The monoisotopic (exact) mass is 673 g/mol. The molecule has 9 aromatic rings. The van der Waals surface area contributed by atoms with E-state index < -0.39 is 5.41 Å². The van der Waals surface area contributed by atoms with Crippen LogP contribution < -0.4 is 0 Å². The summed E-state index contributed by atoms with van der Waals surface area (Å²) in [5.74, 6) is 0.685. The number of hydrogen-bond donors (Lipinski definition) is 0. The fraction of sp³-hybridized carbons (Fsp3) is 0.0200. The molecule has 0 saturated carbocycles. The Balaban J connectivity index is 1.27. The van der Waals surface area contributed by atoms with Gasteiger partial charge in [0.05, 0.1) is 16.8 Å². The minimum Gasteiger partial charge on any atom is -0.264 e. The van der Waals surface area contributed by atoms with Crippen LogP contribution in [0.1, 0.15) is 22.3 Å². The first-order chi connectivity index (χ1) is 26.3. The maximum Gasteiger partial charge on any atom is 0.160 e. The predicted molar refractivity (Wildman–Crippen MR) is 215 cm³/mol. The SMILES string of the molecule is c1ccc(-c2nc(-c3cccnc3)cc(-c3ccc4c(c3)C3(c5ccccc5-c5ccccc5-4)c4ccccc4-c4cc5ccccc5cc43)n2)cc1. The molecule has 246 valence electrons. The van der Waals surface area contributed by atoms with Gasteiger partial charge < -0.3 is 0 Å². The fourth-order valence-electron chi connectivity index (χ4n) is 8.91. The number of fused-ring (bicyclic) bond motifs is 13. The molecule has 2 heterocycles. The van der Waals surface area contributed by atoms with Gasteiger partial charge in [0.2, 0.25) is 0 Å². The second kappa shape index (κ2) is 11.5. The van der Waals surface area contributed by atoms with Crippen molar-refractivity contribution >= 4 is 10.8 Å². The molecule has 0 radical (unpaired) electrons. The Morgan fingerprint density at radius 2 is 0.887 bits per heavy atom. The van der Waals surface area contributed by atoms with E-state index in [-0.39, 0.29) is 0 Å². The van der Waals surface area contributed by atoms with Gasteiger partial charge in [0.15, 0.2) is 5.82 Å². The van der Waals surface area contributed by atoms with Crippen molar-refractivity contribution in [1.29, 1.82) is 0 Å². The lowest BCUT2D eigenvalue weighted by atomic mass is 9.65. The van der Waals surface area contributed by atoms with E-state index in [4.69, 9.17) is 9.97 Å². The minimum atomic E-state index is -0.599. The van der Waals surface area contributed by atoms with Crippen molar-refractivity contribution in [3.63, 3.8) is 0 Å². The molecule has 3 nitrogen and oxygen atoms in total. The summed E-state index contributed by atoms with van der Waals surface area (Å²) in [4.78, 5) is 14.8. The van der Waals surface area contributed by atoms with Gasteiger partial charge in [0.1, 0.15) is 0 Å². The summed E-state index contributed by atoms with van der Waals surface area (Å²) in [5.41, 5.74) is 16.7. The van der Waals surface area contributed by atoms with Crippen molar-refractivity contribution in [3.05, 3.63) is 211 Å². The van der Waals surface area contributed by atoms with Gasteiger partial charge in [0.25, 0.3) is 0 Å². The molecular formula is C50H31N3. The van der Waals surface area contributed by atoms with Crippen molar-refractivity contribution < 1.29 is 0 Å². The van der Waals surface area contributed by atoms with Crippen molar-refractivity contribution in [2.75, 3.05) is 0 Å². The summed E-state index contributed by atoms with van der Waals surface area (Å²) in [6.45, 7) is 0. The van der Waals surface area contributed by atoms with Crippen molar-refractivity contribution in [2.45, 2.75) is 5.41 Å². The Morgan fingerprint density at radius 1 is 0.340 bits per heavy atom. The van der Waals surface area contributed by atoms with Crippen LogP contribution in [0.25, 0.3) is 78.1 Å². The highest BCUT2D eigenvalue weighted by Gasteiger charge is 2.50. The van der Waals surface area contributed by atoms with Gasteiger partial charge in [-0.1, -0.05) is 140 Å². The van der Waals surface area contributed by atoms with Gasteiger partial charge in [0, 0.05) is 29.1 Å².